The number of nitrogens with two attached hydrogens (primary N) is 1. The highest BCUT2D eigenvalue weighted by molar-refractivity contribution is 14.0. The van der Waals surface area contributed by atoms with Crippen molar-refractivity contribution in [2.24, 2.45) is 22.1 Å². The molecule has 0 unspecified atom stereocenters. The van der Waals surface area contributed by atoms with E-state index in [0.717, 1.165) is 25.6 Å². The van der Waals surface area contributed by atoms with Crippen LogP contribution in [0.25, 0.3) is 0 Å². The second kappa shape index (κ2) is 8.51. The fraction of sp³-hybridized carbons (Fsp3) is 0.923. The van der Waals surface area contributed by atoms with Crippen LogP contribution in [0.15, 0.2) is 4.99 Å². The van der Waals surface area contributed by atoms with Crippen LogP contribution in [0, 0.1) is 11.3 Å². The first-order valence-corrected chi connectivity index (χ1v) is 7.69. The molecular weight excluding hydrogens is 357 g/mol. The van der Waals surface area contributed by atoms with E-state index in [1.807, 2.05) is 11.8 Å². The van der Waals surface area contributed by atoms with Crippen LogP contribution in [0.3, 0.4) is 0 Å². The van der Waals surface area contributed by atoms with Crippen molar-refractivity contribution in [3.63, 3.8) is 0 Å². The molecule has 1 aliphatic rings. The van der Waals surface area contributed by atoms with Crippen molar-refractivity contribution in [3.05, 3.63) is 0 Å². The normalized spacial score (nSPS) is 17.8. The van der Waals surface area contributed by atoms with Gasteiger partial charge < -0.3 is 10.6 Å². The molecule has 0 aromatic rings. The Labute approximate surface area is 133 Å². The minimum Gasteiger partial charge on any atom is -0.370 e. The van der Waals surface area contributed by atoms with Crippen LogP contribution in [0.4, 0.5) is 0 Å². The summed E-state index contributed by atoms with van der Waals surface area (Å²) in [4.78, 5) is 6.79. The smallest absolute Gasteiger partial charge is 0.191 e. The van der Waals surface area contributed by atoms with Gasteiger partial charge in [0.15, 0.2) is 5.96 Å². The fourth-order valence-electron chi connectivity index (χ4n) is 2.36. The summed E-state index contributed by atoms with van der Waals surface area (Å²) in [7, 11) is 0. The Morgan fingerprint density at radius 2 is 1.89 bits per heavy atom. The Hall–Kier alpha value is 0.350. The molecule has 0 atom stereocenters. The first kappa shape index (κ1) is 18.4. The summed E-state index contributed by atoms with van der Waals surface area (Å²) in [6, 6.07) is 0. The van der Waals surface area contributed by atoms with Gasteiger partial charge in [-0.3, -0.25) is 4.99 Å². The summed E-state index contributed by atoms with van der Waals surface area (Å²) in [5.74, 6) is 3.80. The first-order valence-electron chi connectivity index (χ1n) is 6.53. The molecule has 108 valence electrons. The van der Waals surface area contributed by atoms with Crippen LogP contribution in [0.1, 0.15) is 34.1 Å². The predicted octanol–water partition coefficient (Wildman–Crippen LogP) is 3.04. The maximum absolute atomic E-state index is 6.05. The van der Waals surface area contributed by atoms with Crippen molar-refractivity contribution in [2.75, 3.05) is 31.1 Å². The summed E-state index contributed by atoms with van der Waals surface area (Å²) in [5.41, 5.74) is 6.31. The quantitative estimate of drug-likeness (QED) is 0.460. The standard InChI is InChI=1S/C13H27N3S.HI/c1-11(2)9-13(3,4)10-15-12(14)16-5-7-17-8-6-16;/h11H,5-10H2,1-4H3,(H2,14,15);1H. The zero-order chi connectivity index (χ0) is 12.9. The van der Waals surface area contributed by atoms with Gasteiger partial charge in [-0.05, 0) is 17.8 Å². The Morgan fingerprint density at radius 3 is 2.39 bits per heavy atom. The van der Waals surface area contributed by atoms with Crippen LogP contribution >= 0.6 is 35.7 Å². The number of halogens is 1. The Morgan fingerprint density at radius 1 is 1.33 bits per heavy atom. The lowest BCUT2D eigenvalue weighted by molar-refractivity contribution is 0.296. The molecule has 1 rings (SSSR count). The summed E-state index contributed by atoms with van der Waals surface area (Å²) in [6.07, 6.45) is 1.19. The Bertz CT molecular complexity index is 261. The molecule has 2 N–H and O–H groups in total. The van der Waals surface area contributed by atoms with Crippen molar-refractivity contribution in [2.45, 2.75) is 34.1 Å². The third-order valence-electron chi connectivity index (χ3n) is 2.96. The number of guanidine groups is 1. The number of aliphatic imine (C=N–C) groups is 1. The summed E-state index contributed by atoms with van der Waals surface area (Å²) < 4.78 is 0. The third kappa shape index (κ3) is 7.07. The average molecular weight is 385 g/mol. The van der Waals surface area contributed by atoms with Crippen molar-refractivity contribution in [3.8, 4) is 0 Å². The van der Waals surface area contributed by atoms with Gasteiger partial charge in [-0.25, -0.2) is 0 Å². The third-order valence-corrected chi connectivity index (χ3v) is 3.91. The van der Waals surface area contributed by atoms with Crippen LogP contribution < -0.4 is 5.73 Å². The van der Waals surface area contributed by atoms with E-state index in [0.29, 0.717) is 5.92 Å². The van der Waals surface area contributed by atoms with Gasteiger partial charge >= 0.3 is 0 Å². The lowest BCUT2D eigenvalue weighted by Gasteiger charge is -2.29. The molecule has 0 aromatic carbocycles. The van der Waals surface area contributed by atoms with E-state index < -0.39 is 0 Å². The number of hydrogen-bond acceptors (Lipinski definition) is 2. The van der Waals surface area contributed by atoms with Gasteiger partial charge in [-0.1, -0.05) is 27.7 Å². The van der Waals surface area contributed by atoms with Crippen LogP contribution in [-0.2, 0) is 0 Å². The van der Waals surface area contributed by atoms with Crippen LogP contribution in [0.2, 0.25) is 0 Å². The summed E-state index contributed by atoms with van der Waals surface area (Å²) in [6.45, 7) is 12.0. The largest absolute Gasteiger partial charge is 0.370 e. The van der Waals surface area contributed by atoms with Crippen molar-refractivity contribution in [1.82, 2.24) is 4.90 Å². The molecule has 0 radical (unpaired) electrons. The van der Waals surface area contributed by atoms with Crippen molar-refractivity contribution < 1.29 is 0 Å². The number of hydrogen-bond donors (Lipinski definition) is 1. The van der Waals surface area contributed by atoms with E-state index in [-0.39, 0.29) is 29.4 Å². The van der Waals surface area contributed by atoms with Crippen molar-refractivity contribution in [1.29, 1.82) is 0 Å². The fourth-order valence-corrected chi connectivity index (χ4v) is 3.26. The molecule has 1 fully saturated rings. The number of rotatable bonds is 4. The monoisotopic (exact) mass is 385 g/mol. The molecule has 0 spiro atoms. The van der Waals surface area contributed by atoms with Gasteiger partial charge in [-0.15, -0.1) is 24.0 Å². The molecule has 3 nitrogen and oxygen atoms in total. The minimum atomic E-state index is 0. The highest BCUT2D eigenvalue weighted by atomic mass is 127. The topological polar surface area (TPSA) is 41.6 Å². The maximum atomic E-state index is 6.05. The minimum absolute atomic E-state index is 0. The van der Waals surface area contributed by atoms with E-state index >= 15 is 0 Å². The molecule has 0 amide bonds. The lowest BCUT2D eigenvalue weighted by atomic mass is 9.84. The molecule has 0 aliphatic carbocycles. The van der Waals surface area contributed by atoms with Gasteiger partial charge in [-0.2, -0.15) is 11.8 Å². The van der Waals surface area contributed by atoms with Crippen LogP contribution in [0.5, 0.6) is 0 Å². The Balaban J connectivity index is 0.00000289. The van der Waals surface area contributed by atoms with Gasteiger partial charge in [0.2, 0.25) is 0 Å². The van der Waals surface area contributed by atoms with E-state index in [1.165, 1.54) is 17.9 Å². The molecule has 1 heterocycles. The zero-order valence-corrected chi connectivity index (χ0v) is 15.3. The highest BCUT2D eigenvalue weighted by Crippen LogP contribution is 2.25. The van der Waals surface area contributed by atoms with Gasteiger partial charge in [0.1, 0.15) is 0 Å². The molecule has 1 aliphatic heterocycles. The average Bonchev–Trinajstić information content (AvgIpc) is 2.25. The second-order valence-corrected chi connectivity index (χ2v) is 7.26. The molecule has 0 bridgehead atoms. The molecule has 0 aromatic heterocycles. The Kier molecular flexibility index (Phi) is 8.67. The molecule has 0 saturated carbocycles. The molecule has 5 heteroatoms. The zero-order valence-electron chi connectivity index (χ0n) is 12.1. The lowest BCUT2D eigenvalue weighted by Crippen LogP contribution is -2.43. The van der Waals surface area contributed by atoms with Gasteiger partial charge in [0, 0.05) is 31.1 Å². The van der Waals surface area contributed by atoms with E-state index in [1.54, 1.807) is 0 Å². The molecular formula is C13H28IN3S. The van der Waals surface area contributed by atoms with E-state index in [4.69, 9.17) is 5.73 Å². The van der Waals surface area contributed by atoms with E-state index in [2.05, 4.69) is 37.6 Å². The summed E-state index contributed by atoms with van der Waals surface area (Å²) in [5, 5.41) is 0. The SMILES string of the molecule is CC(C)CC(C)(C)CN=C(N)N1CCSCC1.I. The van der Waals surface area contributed by atoms with Crippen molar-refractivity contribution >= 4 is 41.7 Å². The first-order chi connectivity index (χ1) is 7.91. The maximum Gasteiger partial charge on any atom is 0.191 e. The molecule has 1 saturated heterocycles. The number of nitrogens with zero attached hydrogens (tertiary/aromatic N) is 2. The van der Waals surface area contributed by atoms with Gasteiger partial charge in [0.25, 0.3) is 0 Å². The van der Waals surface area contributed by atoms with Crippen LogP contribution in [-0.4, -0.2) is 42.0 Å². The number of thioether (sulfide) groups is 1. The van der Waals surface area contributed by atoms with Gasteiger partial charge in [0.05, 0.1) is 0 Å². The van der Waals surface area contributed by atoms with E-state index in [9.17, 15) is 0 Å². The predicted molar refractivity (Wildman–Crippen MR) is 94.0 cm³/mol. The molecule has 18 heavy (non-hydrogen) atoms. The summed E-state index contributed by atoms with van der Waals surface area (Å²) >= 11 is 2.00. The second-order valence-electron chi connectivity index (χ2n) is 6.04. The highest BCUT2D eigenvalue weighted by Gasteiger charge is 2.20.